The number of nitrogens with two attached hydrogens (primary N) is 1. The second kappa shape index (κ2) is 4.97. The quantitative estimate of drug-likeness (QED) is 0.819. The highest BCUT2D eigenvalue weighted by Crippen LogP contribution is 2.29. The largest absolute Gasteiger partial charge is 0.506 e. The summed E-state index contributed by atoms with van der Waals surface area (Å²) in [4.78, 5) is 22.7. The molecule has 5 nitrogen and oxygen atoms in total. The molecule has 2 aromatic carbocycles. The predicted molar refractivity (Wildman–Crippen MR) is 69.7 cm³/mol. The van der Waals surface area contributed by atoms with Gasteiger partial charge in [0.1, 0.15) is 11.3 Å². The summed E-state index contributed by atoms with van der Waals surface area (Å²) < 4.78 is 4.85. The molecule has 0 aromatic heterocycles. The molecule has 0 aliphatic rings. The molecule has 0 heterocycles. The summed E-state index contributed by atoms with van der Waals surface area (Å²) in [5.41, 5.74) is 5.02. The Balaban J connectivity index is 2.38. The fraction of sp³-hybridized carbons (Fsp3) is 0.143. The molecule has 0 radical (unpaired) electrons. The SMILES string of the molecule is CC(OC(=O)c1ccc2ccccc2c1O)C(N)=O. The molecule has 0 saturated carbocycles. The van der Waals surface area contributed by atoms with Gasteiger partial charge in [0.2, 0.25) is 0 Å². The number of benzene rings is 2. The van der Waals surface area contributed by atoms with E-state index in [1.807, 2.05) is 12.1 Å². The summed E-state index contributed by atoms with van der Waals surface area (Å²) in [6, 6.07) is 10.2. The number of phenolic OH excluding ortho intramolecular Hbond substituents is 1. The fourth-order valence-electron chi connectivity index (χ4n) is 1.70. The van der Waals surface area contributed by atoms with Crippen molar-refractivity contribution in [3.8, 4) is 5.75 Å². The number of carbonyl (C=O) groups is 2. The third-order valence-corrected chi connectivity index (χ3v) is 2.80. The molecule has 2 aromatic rings. The molecule has 0 aliphatic carbocycles. The molecule has 0 aliphatic heterocycles. The maximum atomic E-state index is 11.8. The minimum absolute atomic E-state index is 0.00630. The van der Waals surface area contributed by atoms with Gasteiger partial charge in [-0.05, 0) is 18.4 Å². The molecular weight excluding hydrogens is 246 g/mol. The Kier molecular flexibility index (Phi) is 3.37. The first-order valence-electron chi connectivity index (χ1n) is 5.71. The standard InChI is InChI=1S/C14H13NO4/c1-8(13(15)17)19-14(18)11-7-6-9-4-2-3-5-10(9)12(11)16/h2-8,16H,1H3,(H2,15,17). The van der Waals surface area contributed by atoms with E-state index < -0.39 is 18.0 Å². The summed E-state index contributed by atoms with van der Waals surface area (Å²) in [5.74, 6) is -1.69. The monoisotopic (exact) mass is 259 g/mol. The van der Waals surface area contributed by atoms with Crippen LogP contribution in [-0.2, 0) is 9.53 Å². The lowest BCUT2D eigenvalue weighted by atomic mass is 10.1. The maximum absolute atomic E-state index is 11.8. The van der Waals surface area contributed by atoms with Gasteiger partial charge in [-0.3, -0.25) is 4.79 Å². The normalized spacial score (nSPS) is 12.1. The Labute approximate surface area is 109 Å². The van der Waals surface area contributed by atoms with Crippen molar-refractivity contribution >= 4 is 22.6 Å². The van der Waals surface area contributed by atoms with Crippen LogP contribution in [0.5, 0.6) is 5.75 Å². The van der Waals surface area contributed by atoms with Crippen molar-refractivity contribution in [2.45, 2.75) is 13.0 Å². The number of ether oxygens (including phenoxy) is 1. The van der Waals surface area contributed by atoms with Gasteiger partial charge < -0.3 is 15.6 Å². The molecular formula is C14H13NO4. The van der Waals surface area contributed by atoms with E-state index in [9.17, 15) is 14.7 Å². The van der Waals surface area contributed by atoms with Crippen LogP contribution in [0, 0.1) is 0 Å². The van der Waals surface area contributed by atoms with Crippen LogP contribution in [0.4, 0.5) is 0 Å². The number of hydrogen-bond acceptors (Lipinski definition) is 4. The van der Waals surface area contributed by atoms with Crippen molar-refractivity contribution in [3.63, 3.8) is 0 Å². The molecule has 5 heteroatoms. The molecule has 0 saturated heterocycles. The number of amides is 1. The average molecular weight is 259 g/mol. The van der Waals surface area contributed by atoms with Gasteiger partial charge in [-0.25, -0.2) is 4.79 Å². The molecule has 0 spiro atoms. The van der Waals surface area contributed by atoms with Gasteiger partial charge in [-0.1, -0.05) is 30.3 Å². The highest BCUT2D eigenvalue weighted by atomic mass is 16.5. The first kappa shape index (κ1) is 12.9. The number of primary amides is 1. The van der Waals surface area contributed by atoms with Crippen molar-refractivity contribution in [2.24, 2.45) is 5.73 Å². The molecule has 1 unspecified atom stereocenters. The van der Waals surface area contributed by atoms with E-state index in [1.54, 1.807) is 18.2 Å². The van der Waals surface area contributed by atoms with Crippen LogP contribution in [0.3, 0.4) is 0 Å². The third-order valence-electron chi connectivity index (χ3n) is 2.80. The molecule has 1 atom stereocenters. The lowest BCUT2D eigenvalue weighted by molar-refractivity contribution is -0.125. The van der Waals surface area contributed by atoms with Gasteiger partial charge in [-0.2, -0.15) is 0 Å². The van der Waals surface area contributed by atoms with Gasteiger partial charge in [0, 0.05) is 5.39 Å². The maximum Gasteiger partial charge on any atom is 0.342 e. The lowest BCUT2D eigenvalue weighted by Gasteiger charge is -2.11. The van der Waals surface area contributed by atoms with Crippen LogP contribution in [0.25, 0.3) is 10.8 Å². The Morgan fingerprint density at radius 3 is 2.58 bits per heavy atom. The smallest absolute Gasteiger partial charge is 0.342 e. The van der Waals surface area contributed by atoms with Crippen LogP contribution >= 0.6 is 0 Å². The van der Waals surface area contributed by atoms with Gasteiger partial charge in [0.15, 0.2) is 6.10 Å². The summed E-state index contributed by atoms with van der Waals surface area (Å²) in [5, 5.41) is 11.4. The van der Waals surface area contributed by atoms with Crippen molar-refractivity contribution in [1.29, 1.82) is 0 Å². The number of aromatic hydroxyl groups is 1. The Bertz CT molecular complexity index is 651. The molecule has 98 valence electrons. The number of carbonyl (C=O) groups excluding carboxylic acids is 2. The Morgan fingerprint density at radius 1 is 1.21 bits per heavy atom. The molecule has 1 amide bonds. The zero-order valence-corrected chi connectivity index (χ0v) is 10.3. The predicted octanol–water partition coefficient (Wildman–Crippen LogP) is 1.58. The summed E-state index contributed by atoms with van der Waals surface area (Å²) >= 11 is 0. The van der Waals surface area contributed by atoms with Crippen LogP contribution in [0.15, 0.2) is 36.4 Å². The van der Waals surface area contributed by atoms with Crippen molar-refractivity contribution in [1.82, 2.24) is 0 Å². The van der Waals surface area contributed by atoms with E-state index >= 15 is 0 Å². The zero-order valence-electron chi connectivity index (χ0n) is 10.3. The number of esters is 1. The minimum Gasteiger partial charge on any atom is -0.506 e. The number of rotatable bonds is 3. The van der Waals surface area contributed by atoms with Crippen molar-refractivity contribution in [2.75, 3.05) is 0 Å². The van der Waals surface area contributed by atoms with Gasteiger partial charge in [0.25, 0.3) is 5.91 Å². The lowest BCUT2D eigenvalue weighted by Crippen LogP contribution is -2.30. The molecule has 0 bridgehead atoms. The number of hydrogen-bond donors (Lipinski definition) is 2. The number of phenols is 1. The molecule has 3 N–H and O–H groups in total. The van der Waals surface area contributed by atoms with E-state index in [4.69, 9.17) is 10.5 Å². The minimum atomic E-state index is -1.04. The van der Waals surface area contributed by atoms with Gasteiger partial charge in [-0.15, -0.1) is 0 Å². The van der Waals surface area contributed by atoms with Crippen LogP contribution < -0.4 is 5.73 Å². The van der Waals surface area contributed by atoms with Gasteiger partial charge >= 0.3 is 5.97 Å². The highest BCUT2D eigenvalue weighted by molar-refractivity contribution is 6.01. The summed E-state index contributed by atoms with van der Waals surface area (Å²) in [6.07, 6.45) is -1.04. The first-order valence-corrected chi connectivity index (χ1v) is 5.71. The van der Waals surface area contributed by atoms with Crippen molar-refractivity contribution < 1.29 is 19.4 Å². The second-order valence-electron chi connectivity index (χ2n) is 4.13. The zero-order chi connectivity index (χ0) is 14.0. The first-order chi connectivity index (χ1) is 9.00. The van der Waals surface area contributed by atoms with Crippen LogP contribution in [-0.4, -0.2) is 23.1 Å². The third kappa shape index (κ3) is 2.49. The average Bonchev–Trinajstić information content (AvgIpc) is 2.39. The Morgan fingerprint density at radius 2 is 1.89 bits per heavy atom. The van der Waals surface area contributed by atoms with E-state index in [0.29, 0.717) is 5.39 Å². The molecule has 2 rings (SSSR count). The molecule has 19 heavy (non-hydrogen) atoms. The second-order valence-corrected chi connectivity index (χ2v) is 4.13. The highest BCUT2D eigenvalue weighted by Gasteiger charge is 2.19. The van der Waals surface area contributed by atoms with E-state index in [2.05, 4.69) is 0 Å². The Hall–Kier alpha value is -2.56. The van der Waals surface area contributed by atoms with E-state index in [0.717, 1.165) is 5.39 Å². The number of fused-ring (bicyclic) bond motifs is 1. The molecule has 0 fully saturated rings. The van der Waals surface area contributed by atoms with E-state index in [1.165, 1.54) is 13.0 Å². The summed E-state index contributed by atoms with van der Waals surface area (Å²) in [6.45, 7) is 1.37. The van der Waals surface area contributed by atoms with Crippen LogP contribution in [0.2, 0.25) is 0 Å². The van der Waals surface area contributed by atoms with Gasteiger partial charge in [0.05, 0.1) is 0 Å². The fourth-order valence-corrected chi connectivity index (χ4v) is 1.70. The van der Waals surface area contributed by atoms with Crippen LogP contribution in [0.1, 0.15) is 17.3 Å². The topological polar surface area (TPSA) is 89.6 Å². The van der Waals surface area contributed by atoms with Crippen molar-refractivity contribution in [3.05, 3.63) is 42.0 Å². The summed E-state index contributed by atoms with van der Waals surface area (Å²) in [7, 11) is 0. The van der Waals surface area contributed by atoms with E-state index in [-0.39, 0.29) is 11.3 Å².